The number of hydrogen-bond donors (Lipinski definition) is 1. The molecule has 0 aliphatic rings. The number of rotatable bonds is 6. The molecule has 26 heavy (non-hydrogen) atoms. The molecule has 0 saturated carbocycles. The fraction of sp³-hybridized carbons (Fsp3) is 0.429. The summed E-state index contributed by atoms with van der Waals surface area (Å²) in [5.41, 5.74) is -1.98. The van der Waals surface area contributed by atoms with Crippen LogP contribution in [0.2, 0.25) is 0 Å². The highest BCUT2D eigenvalue weighted by Crippen LogP contribution is 2.38. The fourth-order valence-electron chi connectivity index (χ4n) is 3.08. The first kappa shape index (κ1) is 20.4. The minimum absolute atomic E-state index is 0.0505. The lowest BCUT2D eigenvalue weighted by Crippen LogP contribution is -2.18. The molecule has 0 fully saturated rings. The van der Waals surface area contributed by atoms with Crippen molar-refractivity contribution in [2.75, 3.05) is 0 Å². The summed E-state index contributed by atoms with van der Waals surface area (Å²) in [4.78, 5) is 0. The van der Waals surface area contributed by atoms with Gasteiger partial charge >= 0.3 is 0 Å². The smallest absolute Gasteiger partial charge is 0.170 e. The van der Waals surface area contributed by atoms with Gasteiger partial charge in [-0.3, -0.25) is 0 Å². The van der Waals surface area contributed by atoms with E-state index in [1.54, 1.807) is 13.0 Å². The fourth-order valence-corrected chi connectivity index (χ4v) is 3.08. The van der Waals surface area contributed by atoms with Gasteiger partial charge in [0.25, 0.3) is 0 Å². The van der Waals surface area contributed by atoms with Crippen LogP contribution in [0.15, 0.2) is 18.2 Å². The van der Waals surface area contributed by atoms with Crippen molar-refractivity contribution in [3.05, 3.63) is 58.2 Å². The zero-order chi connectivity index (χ0) is 19.6. The van der Waals surface area contributed by atoms with Crippen LogP contribution in [0.1, 0.15) is 56.7 Å². The Morgan fingerprint density at radius 2 is 1.50 bits per heavy atom. The monoisotopic (exact) mass is 368 g/mol. The van der Waals surface area contributed by atoms with Crippen LogP contribution >= 0.6 is 0 Å². The third kappa shape index (κ3) is 3.93. The molecule has 5 heteroatoms. The molecule has 0 aliphatic heterocycles. The van der Waals surface area contributed by atoms with Crippen molar-refractivity contribution in [1.82, 2.24) is 0 Å². The van der Waals surface area contributed by atoms with E-state index in [2.05, 4.69) is 0 Å². The van der Waals surface area contributed by atoms with Crippen molar-refractivity contribution in [3.63, 3.8) is 0 Å². The van der Waals surface area contributed by atoms with Gasteiger partial charge in [-0.25, -0.2) is 17.6 Å². The summed E-state index contributed by atoms with van der Waals surface area (Å²) in [6, 6.07) is 4.59. The normalized spacial score (nSPS) is 11.9. The maximum atomic E-state index is 14.7. The Hall–Kier alpha value is -1.88. The molecule has 0 aliphatic carbocycles. The lowest BCUT2D eigenvalue weighted by molar-refractivity contribution is 0.0791. The van der Waals surface area contributed by atoms with E-state index in [9.17, 15) is 22.7 Å². The largest absolute Gasteiger partial charge is 0.386 e. The molecule has 0 amide bonds. The predicted octanol–water partition coefficient (Wildman–Crippen LogP) is 6.18. The highest BCUT2D eigenvalue weighted by molar-refractivity contribution is 5.71. The van der Waals surface area contributed by atoms with Crippen LogP contribution in [0, 0.1) is 30.2 Å². The third-order valence-corrected chi connectivity index (χ3v) is 4.49. The quantitative estimate of drug-likeness (QED) is 0.367. The first-order valence-electron chi connectivity index (χ1n) is 8.78. The second kappa shape index (κ2) is 7.78. The van der Waals surface area contributed by atoms with Gasteiger partial charge in [0, 0.05) is 5.56 Å². The highest BCUT2D eigenvalue weighted by atomic mass is 19.2. The molecule has 1 nitrogen and oxygen atoms in total. The summed E-state index contributed by atoms with van der Waals surface area (Å²) in [7, 11) is 0. The number of halogens is 4. The van der Waals surface area contributed by atoms with Gasteiger partial charge in [-0.05, 0) is 44.7 Å². The number of unbranched alkanes of at least 4 members (excludes halogenated alkanes) is 2. The molecule has 2 aromatic rings. The van der Waals surface area contributed by atoms with Crippen LogP contribution in [0.3, 0.4) is 0 Å². The first-order chi connectivity index (χ1) is 12.1. The highest BCUT2D eigenvalue weighted by Gasteiger charge is 2.30. The van der Waals surface area contributed by atoms with Gasteiger partial charge in [0.1, 0.15) is 0 Å². The van der Waals surface area contributed by atoms with Crippen LogP contribution in [0.4, 0.5) is 17.6 Å². The zero-order valence-electron chi connectivity index (χ0n) is 15.5. The van der Waals surface area contributed by atoms with E-state index in [1.807, 2.05) is 6.92 Å². The van der Waals surface area contributed by atoms with E-state index in [1.165, 1.54) is 26.0 Å². The topological polar surface area (TPSA) is 20.2 Å². The van der Waals surface area contributed by atoms with Crippen molar-refractivity contribution < 1.29 is 22.7 Å². The molecular weight excluding hydrogens is 344 g/mol. The Kier molecular flexibility index (Phi) is 6.12. The van der Waals surface area contributed by atoms with Crippen LogP contribution in [-0.4, -0.2) is 5.11 Å². The molecule has 0 bridgehead atoms. The lowest BCUT2D eigenvalue weighted by Gasteiger charge is -2.23. The van der Waals surface area contributed by atoms with Gasteiger partial charge in [0.15, 0.2) is 23.3 Å². The van der Waals surface area contributed by atoms with Crippen molar-refractivity contribution in [2.24, 2.45) is 0 Å². The second-order valence-electron chi connectivity index (χ2n) is 7.17. The van der Waals surface area contributed by atoms with Crippen molar-refractivity contribution in [3.8, 4) is 11.1 Å². The zero-order valence-corrected chi connectivity index (χ0v) is 15.5. The van der Waals surface area contributed by atoms with Gasteiger partial charge in [-0.1, -0.05) is 43.5 Å². The molecule has 142 valence electrons. The second-order valence-corrected chi connectivity index (χ2v) is 7.17. The van der Waals surface area contributed by atoms with Gasteiger partial charge in [0.2, 0.25) is 0 Å². The Morgan fingerprint density at radius 3 is 2.00 bits per heavy atom. The molecule has 2 rings (SSSR count). The first-order valence-corrected chi connectivity index (χ1v) is 8.78. The summed E-state index contributed by atoms with van der Waals surface area (Å²) in [6.07, 6.45) is 1.92. The molecule has 0 spiro atoms. The van der Waals surface area contributed by atoms with Gasteiger partial charge in [-0.15, -0.1) is 0 Å². The molecule has 0 aromatic heterocycles. The number of benzene rings is 2. The molecule has 0 saturated heterocycles. The van der Waals surface area contributed by atoms with Crippen LogP contribution in [-0.2, 0) is 12.0 Å². The number of hydrogen-bond acceptors (Lipinski definition) is 1. The lowest BCUT2D eigenvalue weighted by atomic mass is 9.87. The van der Waals surface area contributed by atoms with E-state index < -0.39 is 40.0 Å². The molecule has 1 N–H and O–H groups in total. The SMILES string of the molecule is CCCCCc1c(F)c(F)c(-c2cc(C)ccc2C(C)(C)O)c(F)c1F. The molecule has 2 aromatic carbocycles. The minimum Gasteiger partial charge on any atom is -0.386 e. The van der Waals surface area contributed by atoms with Crippen molar-refractivity contribution >= 4 is 0 Å². The Morgan fingerprint density at radius 1 is 0.923 bits per heavy atom. The standard InChI is InChI=1S/C21H24F4O/c1-5-6-7-8-13-17(22)19(24)16(20(25)18(13)23)14-11-12(2)9-10-15(14)21(3,4)26/h9-11,26H,5-8H2,1-4H3. The van der Waals surface area contributed by atoms with E-state index in [4.69, 9.17) is 0 Å². The Bertz CT molecular complexity index is 778. The van der Waals surface area contributed by atoms with Crippen LogP contribution < -0.4 is 0 Å². The molecule has 0 unspecified atom stereocenters. The summed E-state index contributed by atoms with van der Waals surface area (Å²) in [5, 5.41) is 10.3. The average molecular weight is 368 g/mol. The Labute approximate surface area is 151 Å². The summed E-state index contributed by atoms with van der Waals surface area (Å²) < 4.78 is 58.5. The van der Waals surface area contributed by atoms with E-state index in [0.29, 0.717) is 18.4 Å². The van der Waals surface area contributed by atoms with Crippen molar-refractivity contribution in [2.45, 2.75) is 59.0 Å². The van der Waals surface area contributed by atoms with E-state index in [-0.39, 0.29) is 17.5 Å². The summed E-state index contributed by atoms with van der Waals surface area (Å²) >= 11 is 0. The maximum Gasteiger partial charge on any atom is 0.170 e. The number of aryl methyl sites for hydroxylation is 1. The Balaban J connectivity index is 2.71. The molecule has 0 atom stereocenters. The summed E-state index contributed by atoms with van der Waals surface area (Å²) in [6.45, 7) is 6.51. The van der Waals surface area contributed by atoms with E-state index >= 15 is 0 Å². The van der Waals surface area contributed by atoms with Crippen molar-refractivity contribution in [1.29, 1.82) is 0 Å². The average Bonchev–Trinajstić information content (AvgIpc) is 2.55. The predicted molar refractivity (Wildman–Crippen MR) is 94.9 cm³/mol. The third-order valence-electron chi connectivity index (χ3n) is 4.49. The molecule has 0 radical (unpaired) electrons. The summed E-state index contributed by atoms with van der Waals surface area (Å²) in [5.74, 6) is -5.57. The number of aliphatic hydroxyl groups is 1. The van der Waals surface area contributed by atoms with Gasteiger partial charge < -0.3 is 5.11 Å². The van der Waals surface area contributed by atoms with Crippen LogP contribution in [0.25, 0.3) is 11.1 Å². The maximum absolute atomic E-state index is 14.7. The van der Waals surface area contributed by atoms with Gasteiger partial charge in [-0.2, -0.15) is 0 Å². The minimum atomic E-state index is -1.44. The molecular formula is C21H24F4O. The van der Waals surface area contributed by atoms with E-state index in [0.717, 1.165) is 6.42 Å². The van der Waals surface area contributed by atoms with Crippen LogP contribution in [0.5, 0.6) is 0 Å². The molecule has 0 heterocycles. The van der Waals surface area contributed by atoms with Gasteiger partial charge in [0.05, 0.1) is 11.2 Å².